The maximum atomic E-state index is 14.8. The molecule has 7 rings (SSSR count). The zero-order valence-electron chi connectivity index (χ0n) is 31.7. The number of benzene rings is 1. The van der Waals surface area contributed by atoms with Crippen molar-refractivity contribution in [2.24, 2.45) is 56.7 Å². The molecule has 0 bridgehead atoms. The Morgan fingerprint density at radius 2 is 1.54 bits per heavy atom. The second-order valence-electron chi connectivity index (χ2n) is 19.3. The highest BCUT2D eigenvalue weighted by Gasteiger charge is 2.68. The Bertz CT molecular complexity index is 1630. The second kappa shape index (κ2) is 11.8. The molecule has 6 aliphatic rings. The van der Waals surface area contributed by atoms with Crippen molar-refractivity contribution >= 4 is 23.6 Å². The minimum atomic E-state index is -1.16. The van der Waals surface area contributed by atoms with E-state index < -0.39 is 22.8 Å². The smallest absolute Gasteiger partial charge is 0.309 e. The fraction of sp³-hybridized carbons (Fsp3) is 0.721. The molecule has 1 aliphatic heterocycles. The molecule has 1 aromatic carbocycles. The maximum Gasteiger partial charge on any atom is 0.309 e. The lowest BCUT2D eigenvalue weighted by Crippen LogP contribution is -2.63. The van der Waals surface area contributed by atoms with Crippen molar-refractivity contribution in [3.63, 3.8) is 0 Å². The van der Waals surface area contributed by atoms with Gasteiger partial charge in [-0.25, -0.2) is 0 Å². The van der Waals surface area contributed by atoms with Crippen LogP contribution < -0.4 is 0 Å². The number of carbonyl (C=O) groups is 4. The van der Waals surface area contributed by atoms with E-state index in [1.807, 2.05) is 4.90 Å². The number of nitrogens with zero attached hydrogens (tertiary/aromatic N) is 1. The number of carboxylic acids is 1. The quantitative estimate of drug-likeness (QED) is 0.301. The number of amides is 1. The predicted octanol–water partition coefficient (Wildman–Crippen LogP) is 8.53. The Hall–Kier alpha value is -2.96. The zero-order valence-corrected chi connectivity index (χ0v) is 31.7. The number of hydrogen-bond acceptors (Lipinski definition) is 5. The van der Waals surface area contributed by atoms with Gasteiger partial charge in [-0.15, -0.1) is 0 Å². The van der Waals surface area contributed by atoms with E-state index in [4.69, 9.17) is 4.74 Å². The van der Waals surface area contributed by atoms with Gasteiger partial charge in [-0.05, 0) is 128 Å². The molecule has 1 aromatic rings. The Balaban J connectivity index is 1.16. The molecule has 5 aliphatic carbocycles. The summed E-state index contributed by atoms with van der Waals surface area (Å²) in [4.78, 5) is 55.6. The normalized spacial score (nSPS) is 37.4. The van der Waals surface area contributed by atoms with Crippen LogP contribution >= 0.6 is 0 Å². The first-order valence-electron chi connectivity index (χ1n) is 19.4. The second-order valence-corrected chi connectivity index (χ2v) is 19.3. The summed E-state index contributed by atoms with van der Waals surface area (Å²) < 4.78 is 6.15. The van der Waals surface area contributed by atoms with Crippen molar-refractivity contribution in [3.05, 3.63) is 46.5 Å². The summed E-state index contributed by atoms with van der Waals surface area (Å²) in [5.41, 5.74) is 2.70. The van der Waals surface area contributed by atoms with Gasteiger partial charge in [0.25, 0.3) is 0 Å². The SMILES string of the molecule is CC(C)C1=C2C3CCC4[C@@](C)(CCC5C(C)(C)[C@@H](OC(=O)CC(C)(C)C(=O)O)CC[C@@]54C)C3CCC2(C(=O)N2Cc3ccccc3C2)CC1=O. The van der Waals surface area contributed by atoms with Crippen LogP contribution in [-0.2, 0) is 37.0 Å². The summed E-state index contributed by atoms with van der Waals surface area (Å²) in [6.45, 7) is 18.3. The van der Waals surface area contributed by atoms with Crippen LogP contribution in [0.4, 0.5) is 0 Å². The summed E-state index contributed by atoms with van der Waals surface area (Å²) in [6, 6.07) is 8.36. The van der Waals surface area contributed by atoms with E-state index in [9.17, 15) is 24.3 Å². The summed E-state index contributed by atoms with van der Waals surface area (Å²) in [5, 5.41) is 9.59. The van der Waals surface area contributed by atoms with Gasteiger partial charge in [0.05, 0.1) is 17.3 Å². The molecule has 1 N–H and O–H groups in total. The number of carbonyl (C=O) groups excluding carboxylic acids is 3. The Kier molecular flexibility index (Phi) is 8.35. The highest BCUT2D eigenvalue weighted by atomic mass is 16.5. The molecular weight excluding hydrogens is 626 g/mol. The molecule has 0 saturated heterocycles. The number of ether oxygens (including phenoxy) is 1. The van der Waals surface area contributed by atoms with Crippen LogP contribution in [0, 0.1) is 56.7 Å². The largest absolute Gasteiger partial charge is 0.481 e. The number of fused-ring (bicyclic) bond motifs is 8. The summed E-state index contributed by atoms with van der Waals surface area (Å²) >= 11 is 0. The molecule has 1 amide bonds. The van der Waals surface area contributed by atoms with Crippen molar-refractivity contribution in [2.75, 3.05) is 0 Å². The number of aliphatic carboxylic acids is 1. The van der Waals surface area contributed by atoms with E-state index in [-0.39, 0.29) is 52.3 Å². The van der Waals surface area contributed by atoms with Crippen molar-refractivity contribution < 1.29 is 29.0 Å². The third-order valence-electron chi connectivity index (χ3n) is 15.5. The Morgan fingerprint density at radius 1 is 0.900 bits per heavy atom. The van der Waals surface area contributed by atoms with Gasteiger partial charge in [0.15, 0.2) is 5.78 Å². The Labute approximate surface area is 299 Å². The van der Waals surface area contributed by atoms with E-state index in [1.54, 1.807) is 13.8 Å². The lowest BCUT2D eigenvalue weighted by molar-refractivity contribution is -0.214. The topological polar surface area (TPSA) is 101 Å². The van der Waals surface area contributed by atoms with Crippen LogP contribution in [0.3, 0.4) is 0 Å². The number of allylic oxidation sites excluding steroid dienone is 1. The lowest BCUT2D eigenvalue weighted by Gasteiger charge is -2.68. The van der Waals surface area contributed by atoms with Crippen LogP contribution in [0.15, 0.2) is 35.4 Å². The first kappa shape index (κ1) is 35.4. The lowest BCUT2D eigenvalue weighted by atomic mass is 9.36. The molecular formula is C43H59NO6. The molecule has 4 fully saturated rings. The third-order valence-corrected chi connectivity index (χ3v) is 15.5. The average Bonchev–Trinajstić information content (AvgIpc) is 3.60. The van der Waals surface area contributed by atoms with Crippen LogP contribution in [-0.4, -0.2) is 39.7 Å². The molecule has 7 heteroatoms. The summed E-state index contributed by atoms with van der Waals surface area (Å²) in [5.74, 6) is 0.639. The van der Waals surface area contributed by atoms with Crippen LogP contribution in [0.5, 0.6) is 0 Å². The van der Waals surface area contributed by atoms with Gasteiger partial charge in [0.2, 0.25) is 5.91 Å². The van der Waals surface area contributed by atoms with Crippen molar-refractivity contribution in [3.8, 4) is 0 Å². The monoisotopic (exact) mass is 685 g/mol. The van der Waals surface area contributed by atoms with Gasteiger partial charge in [0.1, 0.15) is 6.10 Å². The van der Waals surface area contributed by atoms with Gasteiger partial charge in [-0.2, -0.15) is 0 Å². The van der Waals surface area contributed by atoms with E-state index in [0.29, 0.717) is 37.3 Å². The summed E-state index contributed by atoms with van der Waals surface area (Å²) in [6.07, 6.45) is 7.72. The van der Waals surface area contributed by atoms with E-state index in [2.05, 4.69) is 65.8 Å². The van der Waals surface area contributed by atoms with Crippen molar-refractivity contribution in [2.45, 2.75) is 139 Å². The van der Waals surface area contributed by atoms with Gasteiger partial charge in [-0.1, -0.05) is 65.8 Å². The highest BCUT2D eigenvalue weighted by Crippen LogP contribution is 2.73. The number of esters is 1. The fourth-order valence-corrected chi connectivity index (χ4v) is 13.2. The number of hydrogen-bond donors (Lipinski definition) is 1. The number of ketones is 1. The standard InChI is InChI=1S/C43H59NO6/c1-25(2)35-30(45)21-43(37(47)44-23-26-11-9-10-12-27(26)24-44)20-15-29-28(36(35)43)13-14-32-41(29,7)18-16-31-40(5,6)33(17-19-42(31,32)8)50-34(46)22-39(3,4)38(48)49/h9-12,25,28-29,31-33H,13-24H2,1-8H3,(H,48,49)/t28?,29?,31?,32?,33-,41-,42-,43?/m0/s1. The fourth-order valence-electron chi connectivity index (χ4n) is 13.2. The Morgan fingerprint density at radius 3 is 2.16 bits per heavy atom. The zero-order chi connectivity index (χ0) is 36.2. The molecule has 50 heavy (non-hydrogen) atoms. The molecule has 1 heterocycles. The third kappa shape index (κ3) is 5.09. The van der Waals surface area contributed by atoms with Crippen LogP contribution in [0.1, 0.15) is 131 Å². The minimum Gasteiger partial charge on any atom is -0.481 e. The molecule has 0 spiro atoms. The van der Waals surface area contributed by atoms with Crippen molar-refractivity contribution in [1.82, 2.24) is 4.90 Å². The molecule has 0 radical (unpaired) electrons. The molecule has 4 saturated carbocycles. The number of rotatable bonds is 6. The average molecular weight is 686 g/mol. The molecule has 272 valence electrons. The van der Waals surface area contributed by atoms with Crippen LogP contribution in [0.2, 0.25) is 0 Å². The molecule has 8 atom stereocenters. The molecule has 5 unspecified atom stereocenters. The number of Topliss-reactive ketones (excluding diaryl/α,β-unsaturated/α-hetero) is 1. The van der Waals surface area contributed by atoms with E-state index >= 15 is 0 Å². The molecule has 0 aromatic heterocycles. The van der Waals surface area contributed by atoms with Crippen molar-refractivity contribution in [1.29, 1.82) is 0 Å². The highest BCUT2D eigenvalue weighted by molar-refractivity contribution is 6.07. The molecule has 7 nitrogen and oxygen atoms in total. The first-order valence-corrected chi connectivity index (χ1v) is 19.4. The minimum absolute atomic E-state index is 0.0805. The summed E-state index contributed by atoms with van der Waals surface area (Å²) in [7, 11) is 0. The van der Waals surface area contributed by atoms with Crippen LogP contribution in [0.25, 0.3) is 0 Å². The van der Waals surface area contributed by atoms with E-state index in [1.165, 1.54) is 16.7 Å². The van der Waals surface area contributed by atoms with Gasteiger partial charge >= 0.3 is 11.9 Å². The van der Waals surface area contributed by atoms with E-state index in [0.717, 1.165) is 56.9 Å². The predicted molar refractivity (Wildman–Crippen MR) is 191 cm³/mol. The van der Waals surface area contributed by atoms with Gasteiger partial charge < -0.3 is 14.7 Å². The number of carboxylic acid groups (broad SMARTS) is 1. The van der Waals surface area contributed by atoms with Gasteiger partial charge in [0, 0.05) is 24.9 Å². The maximum absolute atomic E-state index is 14.8. The van der Waals surface area contributed by atoms with Gasteiger partial charge in [-0.3, -0.25) is 19.2 Å². The first-order chi connectivity index (χ1) is 23.4.